The summed E-state index contributed by atoms with van der Waals surface area (Å²) in [6.07, 6.45) is 0. The van der Waals surface area contributed by atoms with Gasteiger partial charge in [0.25, 0.3) is 11.8 Å². The molecule has 3 rings (SSSR count). The van der Waals surface area contributed by atoms with Gasteiger partial charge in [0.15, 0.2) is 0 Å². The Morgan fingerprint density at radius 1 is 0.929 bits per heavy atom. The van der Waals surface area contributed by atoms with Crippen LogP contribution in [0.3, 0.4) is 0 Å². The number of carbonyl (C=O) groups excluding carboxylic acids is 2. The molecule has 2 aromatic carbocycles. The molecule has 0 fully saturated rings. The van der Waals surface area contributed by atoms with Crippen LogP contribution in [-0.2, 0) is 0 Å². The van der Waals surface area contributed by atoms with Crippen LogP contribution in [0.2, 0.25) is 0 Å². The molecule has 1 aromatic heterocycles. The Morgan fingerprint density at radius 2 is 1.64 bits per heavy atom. The molecule has 0 bridgehead atoms. The summed E-state index contributed by atoms with van der Waals surface area (Å²) in [4.78, 5) is 26.7. The Bertz CT molecular complexity index is 907. The van der Waals surface area contributed by atoms with Gasteiger partial charge in [0.1, 0.15) is 12.6 Å². The Morgan fingerprint density at radius 3 is 2.25 bits per heavy atom. The third kappa shape index (κ3) is 5.28. The lowest BCUT2D eigenvalue weighted by atomic mass is 10.1. The van der Waals surface area contributed by atoms with Crippen LogP contribution in [0, 0.1) is 0 Å². The number of hydrogen-bond donors (Lipinski definition) is 3. The number of benzene rings is 2. The molecule has 0 aliphatic rings. The van der Waals surface area contributed by atoms with Gasteiger partial charge in [-0.3, -0.25) is 9.59 Å². The van der Waals surface area contributed by atoms with Gasteiger partial charge in [-0.1, -0.05) is 36.4 Å². The predicted octanol–water partition coefficient (Wildman–Crippen LogP) is 2.62. The number of thiophene rings is 1. The van der Waals surface area contributed by atoms with Gasteiger partial charge in [-0.2, -0.15) is 0 Å². The molecule has 6 heteroatoms. The summed E-state index contributed by atoms with van der Waals surface area (Å²) in [5.41, 5.74) is 2.30. The Labute approximate surface area is 169 Å². The molecule has 0 saturated carbocycles. The minimum Gasteiger partial charge on any atom is -0.340 e. The maximum absolute atomic E-state index is 12.7. The van der Waals surface area contributed by atoms with Crippen molar-refractivity contribution in [2.24, 2.45) is 0 Å². The van der Waals surface area contributed by atoms with E-state index in [9.17, 15) is 9.59 Å². The molecule has 0 spiro atoms. The van der Waals surface area contributed by atoms with Gasteiger partial charge >= 0.3 is 0 Å². The van der Waals surface area contributed by atoms with Gasteiger partial charge in [0.05, 0.1) is 19.0 Å². The van der Waals surface area contributed by atoms with E-state index in [-0.39, 0.29) is 17.9 Å². The van der Waals surface area contributed by atoms with Crippen molar-refractivity contribution in [3.05, 3.63) is 88.1 Å². The first kappa shape index (κ1) is 19.8. The highest BCUT2D eigenvalue weighted by Gasteiger charge is 2.18. The second-order valence-electron chi connectivity index (χ2n) is 6.86. The molecule has 3 N–H and O–H groups in total. The lowest BCUT2D eigenvalue weighted by Gasteiger charge is -2.21. The van der Waals surface area contributed by atoms with Crippen LogP contribution in [0.1, 0.15) is 31.6 Å². The van der Waals surface area contributed by atoms with Gasteiger partial charge in [0, 0.05) is 11.3 Å². The van der Waals surface area contributed by atoms with Crippen LogP contribution >= 0.6 is 11.3 Å². The van der Waals surface area contributed by atoms with E-state index in [1.807, 2.05) is 41.8 Å². The van der Waals surface area contributed by atoms with Crippen molar-refractivity contribution in [3.8, 4) is 0 Å². The minimum absolute atomic E-state index is 0.0723. The first-order valence-corrected chi connectivity index (χ1v) is 10.0. The van der Waals surface area contributed by atoms with E-state index in [1.165, 1.54) is 16.2 Å². The molecule has 0 aliphatic heterocycles. The molecule has 0 radical (unpaired) electrons. The first-order chi connectivity index (χ1) is 13.5. The molecule has 3 aromatic rings. The number of hydrogen-bond acceptors (Lipinski definition) is 3. The molecule has 0 saturated heterocycles. The summed E-state index contributed by atoms with van der Waals surface area (Å²) >= 11 is 1.39. The average Bonchev–Trinajstić information content (AvgIpc) is 3.23. The van der Waals surface area contributed by atoms with Crippen LogP contribution in [0.15, 0.2) is 72.1 Å². The van der Waals surface area contributed by atoms with E-state index in [1.54, 1.807) is 30.3 Å². The summed E-state index contributed by atoms with van der Waals surface area (Å²) < 4.78 is 0. The van der Waals surface area contributed by atoms with Gasteiger partial charge in [-0.15, -0.1) is 11.3 Å². The lowest BCUT2D eigenvalue weighted by molar-refractivity contribution is -0.860. The molecular weight excluding hydrogens is 370 g/mol. The van der Waals surface area contributed by atoms with Crippen molar-refractivity contribution >= 4 is 28.8 Å². The summed E-state index contributed by atoms with van der Waals surface area (Å²) in [6.45, 7) is 0.782. The van der Waals surface area contributed by atoms with Gasteiger partial charge in [0.2, 0.25) is 0 Å². The molecule has 1 heterocycles. The third-order valence-corrected chi connectivity index (χ3v) is 5.14. The smallest absolute Gasteiger partial charge is 0.265 e. The summed E-state index contributed by atoms with van der Waals surface area (Å²) in [5.74, 6) is -0.281. The Kier molecular flexibility index (Phi) is 6.57. The zero-order valence-electron chi connectivity index (χ0n) is 15.9. The van der Waals surface area contributed by atoms with Crippen molar-refractivity contribution < 1.29 is 14.5 Å². The van der Waals surface area contributed by atoms with Crippen molar-refractivity contribution in [1.82, 2.24) is 5.32 Å². The van der Waals surface area contributed by atoms with E-state index in [0.29, 0.717) is 16.1 Å². The number of nitrogens with one attached hydrogen (secondary N) is 3. The maximum atomic E-state index is 12.7. The Balaban J connectivity index is 1.66. The predicted molar refractivity (Wildman–Crippen MR) is 113 cm³/mol. The fourth-order valence-electron chi connectivity index (χ4n) is 2.89. The maximum Gasteiger partial charge on any atom is 0.265 e. The van der Waals surface area contributed by atoms with Gasteiger partial charge in [-0.25, -0.2) is 0 Å². The van der Waals surface area contributed by atoms with Gasteiger partial charge in [-0.05, 0) is 41.3 Å². The monoisotopic (exact) mass is 394 g/mol. The SMILES string of the molecule is C[NH+](C)C[C@@H](NC(=O)c1ccc(NC(=O)c2cccs2)cc1)c1ccccc1. The van der Waals surface area contributed by atoms with Crippen LogP contribution in [0.4, 0.5) is 5.69 Å². The fraction of sp³-hybridized carbons (Fsp3) is 0.182. The van der Waals surface area contributed by atoms with Crippen molar-refractivity contribution in [2.75, 3.05) is 26.0 Å². The highest BCUT2D eigenvalue weighted by molar-refractivity contribution is 7.12. The molecule has 144 valence electrons. The summed E-state index contributed by atoms with van der Waals surface area (Å²) in [5, 5.41) is 7.82. The zero-order valence-corrected chi connectivity index (χ0v) is 16.8. The molecule has 1 atom stereocenters. The summed E-state index contributed by atoms with van der Waals surface area (Å²) in [7, 11) is 4.13. The summed E-state index contributed by atoms with van der Waals surface area (Å²) in [6, 6.07) is 20.5. The molecule has 0 unspecified atom stereocenters. The van der Waals surface area contributed by atoms with Gasteiger partial charge < -0.3 is 15.5 Å². The minimum atomic E-state index is -0.148. The van der Waals surface area contributed by atoms with E-state index in [4.69, 9.17) is 0 Å². The van der Waals surface area contributed by atoms with Crippen molar-refractivity contribution in [3.63, 3.8) is 0 Å². The quantitative estimate of drug-likeness (QED) is 0.577. The number of quaternary nitrogens is 1. The third-order valence-electron chi connectivity index (χ3n) is 4.27. The highest BCUT2D eigenvalue weighted by Crippen LogP contribution is 2.16. The second-order valence-corrected chi connectivity index (χ2v) is 7.80. The van der Waals surface area contributed by atoms with Crippen LogP contribution in [-0.4, -0.2) is 32.5 Å². The largest absolute Gasteiger partial charge is 0.340 e. The van der Waals surface area contributed by atoms with E-state index in [0.717, 1.165) is 12.1 Å². The first-order valence-electron chi connectivity index (χ1n) is 9.12. The second kappa shape index (κ2) is 9.30. The van der Waals surface area contributed by atoms with Crippen LogP contribution in [0.25, 0.3) is 0 Å². The molecule has 5 nitrogen and oxygen atoms in total. The number of anilines is 1. The van der Waals surface area contributed by atoms with Crippen LogP contribution < -0.4 is 15.5 Å². The van der Waals surface area contributed by atoms with Crippen molar-refractivity contribution in [1.29, 1.82) is 0 Å². The molecule has 2 amide bonds. The van der Waals surface area contributed by atoms with Crippen molar-refractivity contribution in [2.45, 2.75) is 6.04 Å². The fourth-order valence-corrected chi connectivity index (χ4v) is 3.51. The topological polar surface area (TPSA) is 62.6 Å². The van der Waals surface area contributed by atoms with E-state index < -0.39 is 0 Å². The normalized spacial score (nSPS) is 11.8. The average molecular weight is 395 g/mol. The number of rotatable bonds is 7. The highest BCUT2D eigenvalue weighted by atomic mass is 32.1. The number of likely N-dealkylation sites (N-methyl/N-ethyl adjacent to an activating group) is 1. The Hall–Kier alpha value is -2.96. The molecule has 28 heavy (non-hydrogen) atoms. The van der Waals surface area contributed by atoms with E-state index in [2.05, 4.69) is 24.7 Å². The number of amides is 2. The van der Waals surface area contributed by atoms with Crippen LogP contribution in [0.5, 0.6) is 0 Å². The lowest BCUT2D eigenvalue weighted by Crippen LogP contribution is -3.06. The molecule has 0 aliphatic carbocycles. The zero-order chi connectivity index (χ0) is 19.9. The molecular formula is C22H24N3O2S+. The standard InChI is InChI=1S/C22H23N3O2S/c1-25(2)15-19(16-7-4-3-5-8-16)24-21(26)17-10-12-18(13-11-17)23-22(27)20-9-6-14-28-20/h3-14,19H,15H2,1-2H3,(H,23,27)(H,24,26)/p+1/t19-/m1/s1. The van der Waals surface area contributed by atoms with E-state index >= 15 is 0 Å². The number of carbonyl (C=O) groups is 2.